The number of rotatable bonds is 4. The third kappa shape index (κ3) is 3.45. The predicted octanol–water partition coefficient (Wildman–Crippen LogP) is 1.23. The highest BCUT2D eigenvalue weighted by Crippen LogP contribution is 2.17. The molecule has 1 saturated heterocycles. The number of nitrogens with zero attached hydrogens (tertiary/aromatic N) is 7. The number of carbonyl (C=O) groups is 1. The van der Waals surface area contributed by atoms with Gasteiger partial charge in [0.2, 0.25) is 0 Å². The van der Waals surface area contributed by atoms with Crippen LogP contribution in [-0.2, 0) is 6.54 Å². The second-order valence-corrected chi connectivity index (χ2v) is 6.61. The number of hydrogen-bond acceptors (Lipinski definition) is 7. The molecule has 3 aromatic rings. The van der Waals surface area contributed by atoms with Crippen LogP contribution in [0.15, 0.2) is 34.9 Å². The third-order valence-corrected chi connectivity index (χ3v) is 4.81. The Hall–Kier alpha value is -3.07. The number of piperazine rings is 1. The minimum absolute atomic E-state index is 0.0139. The van der Waals surface area contributed by atoms with Crippen LogP contribution in [0.3, 0.4) is 0 Å². The van der Waals surface area contributed by atoms with Crippen molar-refractivity contribution >= 4 is 5.91 Å². The molecule has 0 radical (unpaired) electrons. The first-order valence-corrected chi connectivity index (χ1v) is 8.90. The van der Waals surface area contributed by atoms with Gasteiger partial charge in [-0.25, -0.2) is 0 Å². The topological polar surface area (TPSA) is 93.2 Å². The fraction of sp³-hybridized carbons (Fsp3) is 0.389. The van der Waals surface area contributed by atoms with Crippen molar-refractivity contribution in [3.05, 3.63) is 53.2 Å². The van der Waals surface area contributed by atoms with Crippen molar-refractivity contribution in [1.82, 2.24) is 35.2 Å². The van der Waals surface area contributed by atoms with E-state index < -0.39 is 0 Å². The summed E-state index contributed by atoms with van der Waals surface area (Å²) in [6, 6.07) is 9.82. The maximum absolute atomic E-state index is 12.7. The van der Waals surface area contributed by atoms with Crippen LogP contribution in [0.25, 0.3) is 5.69 Å². The van der Waals surface area contributed by atoms with E-state index in [9.17, 15) is 4.79 Å². The van der Waals surface area contributed by atoms with Gasteiger partial charge in [-0.1, -0.05) is 23.4 Å². The van der Waals surface area contributed by atoms with E-state index in [0.29, 0.717) is 36.7 Å². The summed E-state index contributed by atoms with van der Waals surface area (Å²) in [7, 11) is 0. The normalized spacial score (nSPS) is 15.3. The molecule has 1 amide bonds. The highest BCUT2D eigenvalue weighted by molar-refractivity contribution is 5.96. The van der Waals surface area contributed by atoms with E-state index in [-0.39, 0.29) is 5.91 Å². The van der Waals surface area contributed by atoms with Gasteiger partial charge in [-0.15, -0.1) is 5.10 Å². The summed E-state index contributed by atoms with van der Waals surface area (Å²) >= 11 is 0. The number of aromatic nitrogens is 5. The molecular weight excluding hydrogens is 346 g/mol. The number of amides is 1. The molecule has 9 nitrogen and oxygen atoms in total. The molecule has 0 saturated carbocycles. The van der Waals surface area contributed by atoms with Crippen molar-refractivity contribution in [2.75, 3.05) is 26.2 Å². The summed E-state index contributed by atoms with van der Waals surface area (Å²) in [6.45, 7) is 7.02. The molecule has 0 bridgehead atoms. The van der Waals surface area contributed by atoms with Gasteiger partial charge in [0.15, 0.2) is 5.82 Å². The Bertz CT molecular complexity index is 907. The monoisotopic (exact) mass is 367 g/mol. The first kappa shape index (κ1) is 17.3. The Morgan fingerprint density at radius 2 is 1.85 bits per heavy atom. The predicted molar refractivity (Wildman–Crippen MR) is 96.3 cm³/mol. The largest absolute Gasteiger partial charge is 0.361 e. The molecule has 9 heteroatoms. The van der Waals surface area contributed by atoms with Gasteiger partial charge in [0.1, 0.15) is 11.3 Å². The lowest BCUT2D eigenvalue weighted by molar-refractivity contribution is 0.0622. The van der Waals surface area contributed by atoms with Crippen molar-refractivity contribution in [2.24, 2.45) is 0 Å². The zero-order valence-electron chi connectivity index (χ0n) is 15.4. The Labute approximate surface area is 156 Å². The van der Waals surface area contributed by atoms with Gasteiger partial charge in [-0.2, -0.15) is 4.68 Å². The van der Waals surface area contributed by atoms with E-state index in [0.717, 1.165) is 24.6 Å². The van der Waals surface area contributed by atoms with Crippen LogP contribution in [0.5, 0.6) is 0 Å². The minimum Gasteiger partial charge on any atom is -0.361 e. The lowest BCUT2D eigenvalue weighted by atomic mass is 10.1. The van der Waals surface area contributed by atoms with Crippen molar-refractivity contribution < 1.29 is 9.32 Å². The number of aryl methyl sites for hydroxylation is 2. The standard InChI is InChI=1S/C18H21N7O2/c1-13-17(14(2)27-20-13)18(26)24-10-8-23(9-11-24)12-16-19-21-22-25(16)15-6-4-3-5-7-15/h3-7H,8-12H2,1-2H3. The van der Waals surface area contributed by atoms with E-state index in [4.69, 9.17) is 4.52 Å². The van der Waals surface area contributed by atoms with E-state index in [2.05, 4.69) is 25.6 Å². The van der Waals surface area contributed by atoms with Crippen molar-refractivity contribution in [3.8, 4) is 5.69 Å². The lowest BCUT2D eigenvalue weighted by Crippen LogP contribution is -2.48. The lowest BCUT2D eigenvalue weighted by Gasteiger charge is -2.34. The maximum atomic E-state index is 12.7. The quantitative estimate of drug-likeness (QED) is 0.684. The molecule has 0 spiro atoms. The van der Waals surface area contributed by atoms with Crippen LogP contribution >= 0.6 is 0 Å². The smallest absolute Gasteiger partial charge is 0.259 e. The molecule has 4 rings (SSSR count). The van der Waals surface area contributed by atoms with E-state index in [1.54, 1.807) is 18.5 Å². The molecule has 1 aliphatic rings. The summed E-state index contributed by atoms with van der Waals surface area (Å²) in [5.74, 6) is 1.34. The number of para-hydroxylation sites is 1. The van der Waals surface area contributed by atoms with Gasteiger partial charge in [0, 0.05) is 26.2 Å². The average Bonchev–Trinajstić information content (AvgIpc) is 3.29. The minimum atomic E-state index is -0.0139. The number of tetrazole rings is 1. The summed E-state index contributed by atoms with van der Waals surface area (Å²) in [5.41, 5.74) is 2.16. The van der Waals surface area contributed by atoms with Crippen LogP contribution in [0.1, 0.15) is 27.6 Å². The highest BCUT2D eigenvalue weighted by Gasteiger charge is 2.27. The molecule has 1 aliphatic heterocycles. The van der Waals surface area contributed by atoms with E-state index in [1.165, 1.54) is 0 Å². The third-order valence-electron chi connectivity index (χ3n) is 4.81. The van der Waals surface area contributed by atoms with Gasteiger partial charge in [0.25, 0.3) is 5.91 Å². The molecule has 0 unspecified atom stereocenters. The van der Waals surface area contributed by atoms with Crippen LogP contribution in [0.2, 0.25) is 0 Å². The van der Waals surface area contributed by atoms with Crippen LogP contribution in [-0.4, -0.2) is 67.2 Å². The fourth-order valence-corrected chi connectivity index (χ4v) is 3.33. The van der Waals surface area contributed by atoms with Crippen LogP contribution in [0.4, 0.5) is 0 Å². The van der Waals surface area contributed by atoms with Crippen LogP contribution in [0, 0.1) is 13.8 Å². The van der Waals surface area contributed by atoms with Gasteiger partial charge in [-0.05, 0) is 36.4 Å². The number of hydrogen-bond donors (Lipinski definition) is 0. The molecule has 0 atom stereocenters. The van der Waals surface area contributed by atoms with E-state index in [1.807, 2.05) is 35.2 Å². The maximum Gasteiger partial charge on any atom is 0.259 e. The fourth-order valence-electron chi connectivity index (χ4n) is 3.33. The van der Waals surface area contributed by atoms with Crippen LogP contribution < -0.4 is 0 Å². The van der Waals surface area contributed by atoms with Gasteiger partial charge in [0.05, 0.1) is 17.9 Å². The zero-order chi connectivity index (χ0) is 18.8. The summed E-state index contributed by atoms with van der Waals surface area (Å²) in [6.07, 6.45) is 0. The van der Waals surface area contributed by atoms with Crippen molar-refractivity contribution in [3.63, 3.8) is 0 Å². The Morgan fingerprint density at radius 1 is 1.11 bits per heavy atom. The second kappa shape index (κ2) is 7.28. The highest BCUT2D eigenvalue weighted by atomic mass is 16.5. The Kier molecular flexibility index (Phi) is 4.68. The molecular formula is C18H21N7O2. The molecule has 3 heterocycles. The van der Waals surface area contributed by atoms with Gasteiger partial charge < -0.3 is 9.42 Å². The SMILES string of the molecule is Cc1noc(C)c1C(=O)N1CCN(Cc2nnnn2-c2ccccc2)CC1. The molecule has 1 fully saturated rings. The number of benzene rings is 1. The zero-order valence-corrected chi connectivity index (χ0v) is 15.4. The van der Waals surface area contributed by atoms with Gasteiger partial charge >= 0.3 is 0 Å². The van der Waals surface area contributed by atoms with E-state index >= 15 is 0 Å². The second-order valence-electron chi connectivity index (χ2n) is 6.61. The molecule has 0 N–H and O–H groups in total. The van der Waals surface area contributed by atoms with Gasteiger partial charge in [-0.3, -0.25) is 9.69 Å². The Morgan fingerprint density at radius 3 is 2.52 bits per heavy atom. The van der Waals surface area contributed by atoms with Crippen molar-refractivity contribution in [1.29, 1.82) is 0 Å². The molecule has 1 aromatic carbocycles. The molecule has 2 aromatic heterocycles. The Balaban J connectivity index is 1.40. The molecule has 0 aliphatic carbocycles. The number of carbonyl (C=O) groups excluding carboxylic acids is 1. The summed E-state index contributed by atoms with van der Waals surface area (Å²) < 4.78 is 6.87. The van der Waals surface area contributed by atoms with Crippen molar-refractivity contribution in [2.45, 2.75) is 20.4 Å². The summed E-state index contributed by atoms with van der Waals surface area (Å²) in [5, 5.41) is 16.0. The average molecular weight is 367 g/mol. The summed E-state index contributed by atoms with van der Waals surface area (Å²) in [4.78, 5) is 16.8. The first-order valence-electron chi connectivity index (χ1n) is 8.90. The molecule has 27 heavy (non-hydrogen) atoms. The molecule has 140 valence electrons. The first-order chi connectivity index (χ1) is 13.1.